The van der Waals surface area contributed by atoms with E-state index in [0.29, 0.717) is 19.8 Å². The Labute approximate surface area is 102 Å². The molecule has 0 radical (unpaired) electrons. The van der Waals surface area contributed by atoms with E-state index in [4.69, 9.17) is 15.2 Å². The molecule has 4 heteroatoms. The number of likely N-dealkylation sites (N-methyl/N-ethyl adjacent to an activating group) is 1. The summed E-state index contributed by atoms with van der Waals surface area (Å²) >= 11 is 0. The number of nitrogens with zero attached hydrogens (tertiary/aromatic N) is 1. The summed E-state index contributed by atoms with van der Waals surface area (Å²) in [4.78, 5) is 2.16. The molecule has 0 saturated carbocycles. The van der Waals surface area contributed by atoms with Gasteiger partial charge in [0.05, 0.1) is 0 Å². The van der Waals surface area contributed by atoms with Gasteiger partial charge < -0.3 is 20.1 Å². The fourth-order valence-electron chi connectivity index (χ4n) is 1.73. The van der Waals surface area contributed by atoms with Crippen LogP contribution in [0, 0.1) is 0 Å². The van der Waals surface area contributed by atoms with Gasteiger partial charge in [-0.25, -0.2) is 0 Å². The third kappa shape index (κ3) is 2.31. The quantitative estimate of drug-likeness (QED) is 0.866. The molecule has 1 heterocycles. The average molecular weight is 236 g/mol. The highest BCUT2D eigenvalue weighted by atomic mass is 16.6. The zero-order chi connectivity index (χ0) is 12.5. The van der Waals surface area contributed by atoms with Crippen LogP contribution in [0.4, 0.5) is 5.69 Å². The summed E-state index contributed by atoms with van der Waals surface area (Å²) in [5.74, 6) is 1.63. The Kier molecular flexibility index (Phi) is 3.15. The van der Waals surface area contributed by atoms with E-state index in [0.717, 1.165) is 17.2 Å². The van der Waals surface area contributed by atoms with Crippen molar-refractivity contribution in [1.29, 1.82) is 0 Å². The van der Waals surface area contributed by atoms with Crippen LogP contribution in [0.25, 0.3) is 0 Å². The van der Waals surface area contributed by atoms with Gasteiger partial charge in [0.2, 0.25) is 0 Å². The lowest BCUT2D eigenvalue weighted by molar-refractivity contribution is 0.171. The monoisotopic (exact) mass is 236 g/mol. The third-order valence-electron chi connectivity index (χ3n) is 3.32. The second-order valence-electron chi connectivity index (χ2n) is 4.90. The van der Waals surface area contributed by atoms with E-state index in [1.165, 1.54) is 0 Å². The van der Waals surface area contributed by atoms with Gasteiger partial charge in [-0.05, 0) is 26.0 Å². The molecule has 1 aliphatic rings. The summed E-state index contributed by atoms with van der Waals surface area (Å²) in [5, 5.41) is 0. The zero-order valence-corrected chi connectivity index (χ0v) is 10.7. The van der Waals surface area contributed by atoms with Crippen LogP contribution < -0.4 is 20.1 Å². The van der Waals surface area contributed by atoms with Gasteiger partial charge in [-0.2, -0.15) is 0 Å². The molecule has 0 atom stereocenters. The zero-order valence-electron chi connectivity index (χ0n) is 10.7. The van der Waals surface area contributed by atoms with Crippen molar-refractivity contribution in [3.8, 4) is 11.5 Å². The van der Waals surface area contributed by atoms with Crippen LogP contribution >= 0.6 is 0 Å². The van der Waals surface area contributed by atoms with Crippen molar-refractivity contribution in [1.82, 2.24) is 0 Å². The molecule has 0 aliphatic carbocycles. The summed E-state index contributed by atoms with van der Waals surface area (Å²) in [6, 6.07) is 5.99. The van der Waals surface area contributed by atoms with Crippen molar-refractivity contribution in [3.63, 3.8) is 0 Å². The van der Waals surface area contributed by atoms with Gasteiger partial charge >= 0.3 is 0 Å². The number of rotatable bonds is 3. The Bertz CT molecular complexity index is 404. The van der Waals surface area contributed by atoms with Gasteiger partial charge in [0.25, 0.3) is 0 Å². The first-order valence-corrected chi connectivity index (χ1v) is 5.88. The number of hydrogen-bond acceptors (Lipinski definition) is 4. The van der Waals surface area contributed by atoms with Crippen molar-refractivity contribution < 1.29 is 9.47 Å². The van der Waals surface area contributed by atoms with Crippen LogP contribution in [-0.2, 0) is 0 Å². The molecule has 0 aromatic heterocycles. The number of nitrogens with two attached hydrogens (primary N) is 1. The standard InChI is InChI=1S/C13H20N2O2/c1-13(2,9-14)15(3)10-4-5-11-12(8-10)17-7-6-16-11/h4-5,8H,6-7,9,14H2,1-3H3. The van der Waals surface area contributed by atoms with E-state index in [1.54, 1.807) is 0 Å². The molecular weight excluding hydrogens is 216 g/mol. The number of anilines is 1. The molecule has 0 amide bonds. The minimum Gasteiger partial charge on any atom is -0.486 e. The van der Waals surface area contributed by atoms with Gasteiger partial charge in [0.1, 0.15) is 13.2 Å². The maximum atomic E-state index is 5.78. The normalized spacial score (nSPS) is 14.6. The summed E-state index contributed by atoms with van der Waals surface area (Å²) in [6.07, 6.45) is 0. The van der Waals surface area contributed by atoms with Crippen LogP contribution in [0.2, 0.25) is 0 Å². The minimum atomic E-state index is -0.0796. The van der Waals surface area contributed by atoms with Crippen molar-refractivity contribution >= 4 is 5.69 Å². The van der Waals surface area contributed by atoms with Crippen molar-refractivity contribution in [2.75, 3.05) is 31.7 Å². The number of fused-ring (bicyclic) bond motifs is 1. The Morgan fingerprint density at radius 2 is 1.88 bits per heavy atom. The molecule has 2 N–H and O–H groups in total. The first-order valence-electron chi connectivity index (χ1n) is 5.88. The highest BCUT2D eigenvalue weighted by Crippen LogP contribution is 2.35. The molecule has 94 valence electrons. The fraction of sp³-hybridized carbons (Fsp3) is 0.538. The molecule has 0 fully saturated rings. The van der Waals surface area contributed by atoms with E-state index in [1.807, 2.05) is 25.2 Å². The topological polar surface area (TPSA) is 47.7 Å². The van der Waals surface area contributed by atoms with Crippen LogP contribution in [0.5, 0.6) is 11.5 Å². The lowest BCUT2D eigenvalue weighted by Gasteiger charge is -2.37. The van der Waals surface area contributed by atoms with Crippen LogP contribution in [-0.4, -0.2) is 32.3 Å². The smallest absolute Gasteiger partial charge is 0.163 e. The van der Waals surface area contributed by atoms with Crippen LogP contribution in [0.3, 0.4) is 0 Å². The molecule has 17 heavy (non-hydrogen) atoms. The predicted molar refractivity (Wildman–Crippen MR) is 69.0 cm³/mol. The lowest BCUT2D eigenvalue weighted by atomic mass is 10.0. The van der Waals surface area contributed by atoms with E-state index in [2.05, 4.69) is 18.7 Å². The molecule has 0 saturated heterocycles. The first kappa shape index (κ1) is 12.0. The highest BCUT2D eigenvalue weighted by molar-refractivity contribution is 5.57. The maximum Gasteiger partial charge on any atom is 0.163 e. The maximum absolute atomic E-state index is 5.78. The second kappa shape index (κ2) is 4.45. The largest absolute Gasteiger partial charge is 0.486 e. The van der Waals surface area contributed by atoms with E-state index < -0.39 is 0 Å². The predicted octanol–water partition coefficient (Wildman–Crippen LogP) is 1.63. The summed E-state index contributed by atoms with van der Waals surface area (Å²) in [7, 11) is 2.04. The molecule has 0 unspecified atom stereocenters. The molecule has 0 bridgehead atoms. The van der Waals surface area contributed by atoms with Crippen LogP contribution in [0.15, 0.2) is 18.2 Å². The van der Waals surface area contributed by atoms with Gasteiger partial charge in [0.15, 0.2) is 11.5 Å². The molecule has 2 rings (SSSR count). The Balaban J connectivity index is 2.28. The molecule has 1 aliphatic heterocycles. The molecule has 4 nitrogen and oxygen atoms in total. The number of hydrogen-bond donors (Lipinski definition) is 1. The molecule has 1 aromatic rings. The first-order chi connectivity index (χ1) is 8.04. The Hall–Kier alpha value is -1.42. The SMILES string of the molecule is CN(c1ccc2c(c1)OCCO2)C(C)(C)CN. The van der Waals surface area contributed by atoms with E-state index in [9.17, 15) is 0 Å². The van der Waals surface area contributed by atoms with Crippen molar-refractivity contribution in [2.24, 2.45) is 5.73 Å². The van der Waals surface area contributed by atoms with Gasteiger partial charge in [-0.1, -0.05) is 0 Å². The fourth-order valence-corrected chi connectivity index (χ4v) is 1.73. The summed E-state index contributed by atoms with van der Waals surface area (Å²) < 4.78 is 11.1. The molecular formula is C13H20N2O2. The van der Waals surface area contributed by atoms with Gasteiger partial charge in [-0.3, -0.25) is 0 Å². The van der Waals surface area contributed by atoms with E-state index in [-0.39, 0.29) is 5.54 Å². The third-order valence-corrected chi connectivity index (χ3v) is 3.32. The Morgan fingerprint density at radius 1 is 1.24 bits per heavy atom. The average Bonchev–Trinajstić information content (AvgIpc) is 2.37. The summed E-state index contributed by atoms with van der Waals surface area (Å²) in [6.45, 7) is 6.06. The lowest BCUT2D eigenvalue weighted by Crippen LogP contribution is -2.47. The highest BCUT2D eigenvalue weighted by Gasteiger charge is 2.23. The Morgan fingerprint density at radius 3 is 2.53 bits per heavy atom. The minimum absolute atomic E-state index is 0.0796. The second-order valence-corrected chi connectivity index (χ2v) is 4.90. The van der Waals surface area contributed by atoms with Crippen molar-refractivity contribution in [2.45, 2.75) is 19.4 Å². The summed E-state index contributed by atoms with van der Waals surface area (Å²) in [5.41, 5.74) is 6.79. The number of ether oxygens (including phenoxy) is 2. The van der Waals surface area contributed by atoms with Gasteiger partial charge in [0, 0.05) is 30.9 Å². The van der Waals surface area contributed by atoms with E-state index >= 15 is 0 Å². The molecule has 1 aromatic carbocycles. The van der Waals surface area contributed by atoms with Crippen molar-refractivity contribution in [3.05, 3.63) is 18.2 Å². The van der Waals surface area contributed by atoms with Crippen LogP contribution in [0.1, 0.15) is 13.8 Å². The van der Waals surface area contributed by atoms with Gasteiger partial charge in [-0.15, -0.1) is 0 Å². The number of benzene rings is 1. The molecule has 0 spiro atoms.